The average molecular weight is 245 g/mol. The van der Waals surface area contributed by atoms with Crippen LogP contribution in [-0.2, 0) is 0 Å². The fourth-order valence-electron chi connectivity index (χ4n) is 2.20. The molecule has 0 fully saturated rings. The average Bonchev–Trinajstić information content (AvgIpc) is 2.35. The standard InChI is InChI=1S/C15H19NO2/c1-5-16(6-2)14-9-12(17)15-11(4)10(3)7-8-13(15)18-14/h7-9H,5-6H2,1-4H3. The minimum absolute atomic E-state index is 0.0411. The molecule has 0 unspecified atom stereocenters. The highest BCUT2D eigenvalue weighted by molar-refractivity contribution is 5.82. The number of hydrogen-bond acceptors (Lipinski definition) is 3. The van der Waals surface area contributed by atoms with Gasteiger partial charge in [-0.2, -0.15) is 0 Å². The topological polar surface area (TPSA) is 33.5 Å². The molecular formula is C15H19NO2. The van der Waals surface area contributed by atoms with Gasteiger partial charge in [0.25, 0.3) is 0 Å². The Kier molecular flexibility index (Phi) is 3.41. The zero-order valence-corrected chi connectivity index (χ0v) is 11.4. The van der Waals surface area contributed by atoms with Crippen LogP contribution in [0, 0.1) is 13.8 Å². The van der Waals surface area contributed by atoms with Crippen LogP contribution in [0.5, 0.6) is 0 Å². The molecular weight excluding hydrogens is 226 g/mol. The summed E-state index contributed by atoms with van der Waals surface area (Å²) in [7, 11) is 0. The van der Waals surface area contributed by atoms with Crippen molar-refractivity contribution in [2.75, 3.05) is 18.0 Å². The van der Waals surface area contributed by atoms with Gasteiger partial charge in [-0.1, -0.05) is 6.07 Å². The van der Waals surface area contributed by atoms with Crippen LogP contribution >= 0.6 is 0 Å². The van der Waals surface area contributed by atoms with Crippen molar-refractivity contribution in [3.05, 3.63) is 39.5 Å². The van der Waals surface area contributed by atoms with Gasteiger partial charge in [0.15, 0.2) is 11.3 Å². The van der Waals surface area contributed by atoms with Crippen molar-refractivity contribution in [1.29, 1.82) is 0 Å². The highest BCUT2D eigenvalue weighted by Crippen LogP contribution is 2.23. The van der Waals surface area contributed by atoms with Crippen LogP contribution in [0.2, 0.25) is 0 Å². The molecule has 3 nitrogen and oxygen atoms in total. The highest BCUT2D eigenvalue weighted by atomic mass is 16.4. The van der Waals surface area contributed by atoms with E-state index in [1.807, 2.05) is 44.7 Å². The summed E-state index contributed by atoms with van der Waals surface area (Å²) >= 11 is 0. The Bertz CT molecular complexity index is 624. The molecule has 0 N–H and O–H groups in total. The summed E-state index contributed by atoms with van der Waals surface area (Å²) in [6.07, 6.45) is 0. The Hall–Kier alpha value is -1.77. The molecule has 2 aromatic rings. The van der Waals surface area contributed by atoms with Gasteiger partial charge in [0, 0.05) is 19.2 Å². The van der Waals surface area contributed by atoms with Crippen LogP contribution in [0.4, 0.5) is 5.88 Å². The lowest BCUT2D eigenvalue weighted by Crippen LogP contribution is -2.23. The first-order chi connectivity index (χ1) is 8.58. The first-order valence-electron chi connectivity index (χ1n) is 6.37. The van der Waals surface area contributed by atoms with Crippen LogP contribution in [0.3, 0.4) is 0 Å². The summed E-state index contributed by atoms with van der Waals surface area (Å²) in [5, 5.41) is 0.700. The third-order valence-electron chi connectivity index (χ3n) is 3.49. The van der Waals surface area contributed by atoms with E-state index in [1.54, 1.807) is 6.07 Å². The molecule has 0 spiro atoms. The molecule has 0 amide bonds. The molecule has 0 radical (unpaired) electrons. The second kappa shape index (κ2) is 4.84. The predicted octanol–water partition coefficient (Wildman–Crippen LogP) is 3.26. The second-order valence-corrected chi connectivity index (χ2v) is 4.50. The molecule has 0 aliphatic heterocycles. The SMILES string of the molecule is CCN(CC)c1cc(=O)c2c(C)c(C)ccc2o1. The Morgan fingerprint density at radius 3 is 2.44 bits per heavy atom. The van der Waals surface area contributed by atoms with E-state index in [2.05, 4.69) is 0 Å². The van der Waals surface area contributed by atoms with E-state index in [0.717, 1.165) is 24.2 Å². The first-order valence-corrected chi connectivity index (χ1v) is 6.37. The number of rotatable bonds is 3. The Morgan fingerprint density at radius 2 is 1.83 bits per heavy atom. The second-order valence-electron chi connectivity index (χ2n) is 4.50. The van der Waals surface area contributed by atoms with Gasteiger partial charge >= 0.3 is 0 Å². The molecule has 0 atom stereocenters. The van der Waals surface area contributed by atoms with Gasteiger partial charge in [0.1, 0.15) is 5.58 Å². The zero-order chi connectivity index (χ0) is 13.3. The lowest BCUT2D eigenvalue weighted by molar-refractivity contribution is 0.578. The van der Waals surface area contributed by atoms with E-state index in [9.17, 15) is 4.79 Å². The third kappa shape index (κ3) is 2.01. The third-order valence-corrected chi connectivity index (χ3v) is 3.49. The number of aryl methyl sites for hydroxylation is 2. The van der Waals surface area contributed by atoms with Gasteiger partial charge in [0.05, 0.1) is 5.39 Å². The number of anilines is 1. The highest BCUT2D eigenvalue weighted by Gasteiger charge is 2.11. The first kappa shape index (κ1) is 12.7. The van der Waals surface area contributed by atoms with Crippen LogP contribution in [0.25, 0.3) is 11.0 Å². The predicted molar refractivity (Wildman–Crippen MR) is 75.5 cm³/mol. The molecule has 1 aromatic carbocycles. The largest absolute Gasteiger partial charge is 0.440 e. The molecule has 0 aliphatic rings. The van der Waals surface area contributed by atoms with Gasteiger partial charge in [-0.15, -0.1) is 0 Å². The van der Waals surface area contributed by atoms with E-state index in [0.29, 0.717) is 16.9 Å². The maximum atomic E-state index is 12.2. The van der Waals surface area contributed by atoms with E-state index in [1.165, 1.54) is 0 Å². The molecule has 0 aliphatic carbocycles. The van der Waals surface area contributed by atoms with E-state index in [-0.39, 0.29) is 5.43 Å². The molecule has 0 saturated heterocycles. The molecule has 1 aromatic heterocycles. The van der Waals surface area contributed by atoms with Gasteiger partial charge in [-0.05, 0) is 44.9 Å². The number of benzene rings is 1. The Labute approximate surface area is 107 Å². The quantitative estimate of drug-likeness (QED) is 0.832. The van der Waals surface area contributed by atoms with Crippen molar-refractivity contribution >= 4 is 16.9 Å². The minimum atomic E-state index is 0.0411. The molecule has 2 rings (SSSR count). The molecule has 3 heteroatoms. The van der Waals surface area contributed by atoms with Gasteiger partial charge in [0.2, 0.25) is 0 Å². The summed E-state index contributed by atoms with van der Waals surface area (Å²) in [5.74, 6) is 0.653. The van der Waals surface area contributed by atoms with Crippen molar-refractivity contribution in [3.8, 4) is 0 Å². The van der Waals surface area contributed by atoms with Crippen molar-refractivity contribution in [2.24, 2.45) is 0 Å². The van der Waals surface area contributed by atoms with E-state index < -0.39 is 0 Å². The van der Waals surface area contributed by atoms with Gasteiger partial charge in [-0.25, -0.2) is 0 Å². The summed E-state index contributed by atoms with van der Waals surface area (Å²) in [6, 6.07) is 5.47. The summed E-state index contributed by atoms with van der Waals surface area (Å²) in [6.45, 7) is 9.73. The van der Waals surface area contributed by atoms with Crippen molar-refractivity contribution in [1.82, 2.24) is 0 Å². The zero-order valence-electron chi connectivity index (χ0n) is 11.4. The molecule has 18 heavy (non-hydrogen) atoms. The minimum Gasteiger partial charge on any atom is -0.440 e. The van der Waals surface area contributed by atoms with E-state index in [4.69, 9.17) is 4.42 Å². The van der Waals surface area contributed by atoms with Crippen LogP contribution < -0.4 is 10.3 Å². The van der Waals surface area contributed by atoms with Crippen LogP contribution in [-0.4, -0.2) is 13.1 Å². The number of fused-ring (bicyclic) bond motifs is 1. The summed E-state index contributed by atoms with van der Waals surface area (Å²) in [5.41, 5.74) is 2.84. The van der Waals surface area contributed by atoms with Crippen LogP contribution in [0.1, 0.15) is 25.0 Å². The maximum Gasteiger partial charge on any atom is 0.199 e. The molecule has 0 saturated carbocycles. The van der Waals surface area contributed by atoms with Crippen molar-refractivity contribution in [2.45, 2.75) is 27.7 Å². The molecule has 96 valence electrons. The monoisotopic (exact) mass is 245 g/mol. The summed E-state index contributed by atoms with van der Waals surface area (Å²) < 4.78 is 5.85. The van der Waals surface area contributed by atoms with Crippen molar-refractivity contribution < 1.29 is 4.42 Å². The Morgan fingerprint density at radius 1 is 1.17 bits per heavy atom. The van der Waals surface area contributed by atoms with Crippen molar-refractivity contribution in [3.63, 3.8) is 0 Å². The fraction of sp³-hybridized carbons (Fsp3) is 0.400. The fourth-order valence-corrected chi connectivity index (χ4v) is 2.20. The number of hydrogen-bond donors (Lipinski definition) is 0. The lowest BCUT2D eigenvalue weighted by Gasteiger charge is -2.19. The number of nitrogens with zero attached hydrogens (tertiary/aromatic N) is 1. The molecule has 1 heterocycles. The summed E-state index contributed by atoms with van der Waals surface area (Å²) in [4.78, 5) is 14.3. The maximum absolute atomic E-state index is 12.2. The van der Waals surface area contributed by atoms with Gasteiger partial charge in [-0.3, -0.25) is 4.79 Å². The lowest BCUT2D eigenvalue weighted by atomic mass is 10.0. The molecule has 0 bridgehead atoms. The van der Waals surface area contributed by atoms with Gasteiger partial charge < -0.3 is 9.32 Å². The normalized spacial score (nSPS) is 10.9. The van der Waals surface area contributed by atoms with E-state index >= 15 is 0 Å². The van der Waals surface area contributed by atoms with Crippen LogP contribution in [0.15, 0.2) is 27.4 Å². The smallest absolute Gasteiger partial charge is 0.199 e. The Balaban J connectivity index is 2.72.